The van der Waals surface area contributed by atoms with E-state index in [1.165, 1.54) is 12.2 Å². The summed E-state index contributed by atoms with van der Waals surface area (Å²) in [6.45, 7) is 35.3. The van der Waals surface area contributed by atoms with Crippen molar-refractivity contribution in [2.75, 3.05) is 0 Å². The summed E-state index contributed by atoms with van der Waals surface area (Å²) >= 11 is 0. The van der Waals surface area contributed by atoms with Gasteiger partial charge in [-0.1, -0.05) is 83.5 Å². The summed E-state index contributed by atoms with van der Waals surface area (Å²) in [5.41, 5.74) is -1.91. The van der Waals surface area contributed by atoms with Gasteiger partial charge in [-0.2, -0.15) is 8.78 Å². The predicted molar refractivity (Wildman–Crippen MR) is 156 cm³/mol. The summed E-state index contributed by atoms with van der Waals surface area (Å²) in [4.78, 5) is 0. The number of hydrogen-bond donors (Lipinski definition) is 0. The average Bonchev–Trinajstić information content (AvgIpc) is 2.87. The van der Waals surface area contributed by atoms with Crippen molar-refractivity contribution in [1.29, 1.82) is 0 Å². The molecule has 0 aliphatic carbocycles. The zero-order chi connectivity index (χ0) is 33.9. The van der Waals surface area contributed by atoms with E-state index < -0.39 is 63.8 Å². The molecule has 0 heterocycles. The highest BCUT2D eigenvalue weighted by atomic mass is 19.4. The Morgan fingerprint density at radius 1 is 0.535 bits per heavy atom. The zero-order valence-electron chi connectivity index (χ0n) is 23.5. The van der Waals surface area contributed by atoms with Crippen LogP contribution in [0.1, 0.15) is 6.92 Å². The van der Waals surface area contributed by atoms with Gasteiger partial charge in [0.15, 0.2) is 11.6 Å². The smallest absolute Gasteiger partial charge is 0.430 e. The second-order valence-electron chi connectivity index (χ2n) is 8.63. The number of alkyl halides is 5. The van der Waals surface area contributed by atoms with Crippen molar-refractivity contribution in [2.24, 2.45) is 0 Å². The summed E-state index contributed by atoms with van der Waals surface area (Å²) in [7, 11) is 0. The molecule has 43 heavy (non-hydrogen) atoms. The summed E-state index contributed by atoms with van der Waals surface area (Å²) < 4.78 is 116. The molecule has 2 nitrogen and oxygen atoms in total. The third kappa shape index (κ3) is 14.0. The molecular formula is C33H30F8O2. The second-order valence-corrected chi connectivity index (χ2v) is 8.63. The first-order chi connectivity index (χ1) is 19.5. The van der Waals surface area contributed by atoms with Crippen LogP contribution in [0.25, 0.3) is 0 Å². The van der Waals surface area contributed by atoms with Crippen LogP contribution in [0.3, 0.4) is 0 Å². The first kappa shape index (κ1) is 38.1. The standard InChI is InChI=1S/C33H30F8O2/c1-19(2)12-14-24(7)32(37,38)42-25(8)15-13-20(3)21(4)16-29(34)26(9)22(5)17-30(35)27(10)23(6)18-31(36)28(11)43-33(39,40)41/h12-18H,1,3-11H2,2H3/b14-12-,15-13-,29-16+,30-17+,31-18?. The Hall–Kier alpha value is -4.86. The lowest BCUT2D eigenvalue weighted by molar-refractivity contribution is -0.304. The fourth-order valence-corrected chi connectivity index (χ4v) is 2.38. The molecule has 10 heteroatoms. The Kier molecular flexibility index (Phi) is 14.2. The number of ether oxygens (including phenoxy) is 2. The molecule has 0 rings (SSSR count). The molecule has 0 aromatic rings. The van der Waals surface area contributed by atoms with Crippen molar-refractivity contribution in [1.82, 2.24) is 0 Å². The summed E-state index contributed by atoms with van der Waals surface area (Å²) in [5.74, 6) is -5.67. The lowest BCUT2D eigenvalue weighted by atomic mass is 10.0. The molecule has 0 unspecified atom stereocenters. The molecule has 0 saturated heterocycles. The van der Waals surface area contributed by atoms with Crippen LogP contribution in [-0.2, 0) is 9.47 Å². The summed E-state index contributed by atoms with van der Waals surface area (Å²) in [6, 6.07) is 0. The largest absolute Gasteiger partial charge is 0.573 e. The van der Waals surface area contributed by atoms with Crippen LogP contribution in [0.4, 0.5) is 35.1 Å². The molecule has 230 valence electrons. The SMILES string of the molecule is C=C(C)/C=C\C(=C)C(F)(F)OC(=C)/C=C\C(=C)C(=C)/C=C(/F)C(=C)C(=C)/C=C(/F)C(=C)C(=C)C=C(F)C(=C)OC(F)(F)F. The van der Waals surface area contributed by atoms with E-state index in [0.717, 1.165) is 18.2 Å². The van der Waals surface area contributed by atoms with Crippen molar-refractivity contribution in [3.8, 4) is 0 Å². The van der Waals surface area contributed by atoms with Crippen LogP contribution >= 0.6 is 0 Å². The fourth-order valence-electron chi connectivity index (χ4n) is 2.38. The van der Waals surface area contributed by atoms with E-state index in [9.17, 15) is 35.1 Å². The summed E-state index contributed by atoms with van der Waals surface area (Å²) in [6.07, 6.45) is -2.48. The van der Waals surface area contributed by atoms with E-state index in [1.54, 1.807) is 6.92 Å². The van der Waals surface area contributed by atoms with Crippen LogP contribution in [0.5, 0.6) is 0 Å². The van der Waals surface area contributed by atoms with Gasteiger partial charge < -0.3 is 9.47 Å². The molecule has 0 aliphatic rings. The third-order valence-corrected chi connectivity index (χ3v) is 4.85. The molecule has 0 aromatic heterocycles. The molecule has 0 atom stereocenters. The van der Waals surface area contributed by atoms with Crippen molar-refractivity contribution in [2.45, 2.75) is 19.4 Å². The lowest BCUT2D eigenvalue weighted by Gasteiger charge is -2.18. The molecule has 0 fully saturated rings. The summed E-state index contributed by atoms with van der Waals surface area (Å²) in [5, 5.41) is 0. The van der Waals surface area contributed by atoms with Crippen LogP contribution in [0, 0.1) is 0 Å². The van der Waals surface area contributed by atoms with Crippen LogP contribution < -0.4 is 0 Å². The quantitative estimate of drug-likeness (QED) is 0.0927. The zero-order valence-corrected chi connectivity index (χ0v) is 23.5. The second kappa shape index (κ2) is 16.0. The molecule has 0 aliphatic heterocycles. The molecule has 0 amide bonds. The fraction of sp³-hybridized carbons (Fsp3) is 0.0909. The van der Waals surface area contributed by atoms with Crippen LogP contribution in [-0.4, -0.2) is 12.5 Å². The first-order valence-corrected chi connectivity index (χ1v) is 11.7. The van der Waals surface area contributed by atoms with E-state index in [2.05, 4.69) is 75.3 Å². The Labute approximate surface area is 246 Å². The Balaban J connectivity index is 5.43. The lowest BCUT2D eigenvalue weighted by Crippen LogP contribution is -2.21. The van der Waals surface area contributed by atoms with E-state index >= 15 is 0 Å². The minimum absolute atomic E-state index is 0.0415. The van der Waals surface area contributed by atoms with Crippen molar-refractivity contribution >= 4 is 0 Å². The van der Waals surface area contributed by atoms with Gasteiger partial charge in [-0.05, 0) is 59.6 Å². The molecule has 0 bridgehead atoms. The van der Waals surface area contributed by atoms with Gasteiger partial charge in [0, 0.05) is 11.1 Å². The normalized spacial score (nSPS) is 13.0. The monoisotopic (exact) mass is 610 g/mol. The van der Waals surface area contributed by atoms with Crippen LogP contribution in [0.15, 0.2) is 182 Å². The van der Waals surface area contributed by atoms with Crippen LogP contribution in [0.2, 0.25) is 0 Å². The van der Waals surface area contributed by atoms with E-state index in [4.69, 9.17) is 0 Å². The van der Waals surface area contributed by atoms with Gasteiger partial charge in [0.2, 0.25) is 0 Å². The number of rotatable bonds is 17. The molecule has 0 aromatic carbocycles. The first-order valence-electron chi connectivity index (χ1n) is 11.7. The maximum absolute atomic E-state index is 14.7. The van der Waals surface area contributed by atoms with Crippen molar-refractivity contribution < 1.29 is 44.6 Å². The number of hydrogen-bond acceptors (Lipinski definition) is 2. The average molecular weight is 611 g/mol. The van der Waals surface area contributed by atoms with Gasteiger partial charge in [-0.25, -0.2) is 13.2 Å². The number of allylic oxidation sites excluding steroid dienone is 16. The minimum atomic E-state index is -5.20. The topological polar surface area (TPSA) is 18.5 Å². The van der Waals surface area contributed by atoms with Gasteiger partial charge in [0.1, 0.15) is 17.4 Å². The van der Waals surface area contributed by atoms with E-state index in [0.29, 0.717) is 17.7 Å². The van der Waals surface area contributed by atoms with E-state index in [1.807, 2.05) is 0 Å². The number of halogens is 8. The minimum Gasteiger partial charge on any atom is -0.430 e. The molecule has 0 spiro atoms. The third-order valence-electron chi connectivity index (χ3n) is 4.85. The van der Waals surface area contributed by atoms with Gasteiger partial charge >= 0.3 is 12.5 Å². The maximum Gasteiger partial charge on any atom is 0.573 e. The van der Waals surface area contributed by atoms with Gasteiger partial charge in [0.05, 0.1) is 5.57 Å². The van der Waals surface area contributed by atoms with Gasteiger partial charge in [0.25, 0.3) is 0 Å². The van der Waals surface area contributed by atoms with Gasteiger partial charge in [-0.15, -0.1) is 13.2 Å². The van der Waals surface area contributed by atoms with Crippen molar-refractivity contribution in [3.05, 3.63) is 182 Å². The highest BCUT2D eigenvalue weighted by Crippen LogP contribution is 2.30. The molecular weight excluding hydrogens is 580 g/mol. The Morgan fingerprint density at radius 3 is 1.42 bits per heavy atom. The molecule has 0 radical (unpaired) electrons. The highest BCUT2D eigenvalue weighted by Gasteiger charge is 2.34. The molecule has 0 saturated carbocycles. The highest BCUT2D eigenvalue weighted by molar-refractivity contribution is 5.55. The van der Waals surface area contributed by atoms with Gasteiger partial charge in [-0.3, -0.25) is 0 Å². The van der Waals surface area contributed by atoms with E-state index in [-0.39, 0.29) is 16.7 Å². The predicted octanol–water partition coefficient (Wildman–Crippen LogP) is 11.3. The molecule has 0 N–H and O–H groups in total. The van der Waals surface area contributed by atoms with Crippen molar-refractivity contribution in [3.63, 3.8) is 0 Å². The Morgan fingerprint density at radius 2 is 0.977 bits per heavy atom. The Bertz CT molecular complexity index is 1420. The maximum atomic E-state index is 14.7.